The highest BCUT2D eigenvalue weighted by Crippen LogP contribution is 2.43. The predicted molar refractivity (Wildman–Crippen MR) is 132 cm³/mol. The first kappa shape index (κ1) is 24.9. The molecule has 1 N–H and O–H groups in total. The van der Waals surface area contributed by atoms with Gasteiger partial charge in [0, 0.05) is 25.9 Å². The lowest BCUT2D eigenvalue weighted by atomic mass is 9.92. The van der Waals surface area contributed by atoms with E-state index in [0.29, 0.717) is 31.0 Å². The number of aryl methyl sites for hydroxylation is 1. The van der Waals surface area contributed by atoms with Gasteiger partial charge in [0.2, 0.25) is 6.43 Å². The zero-order valence-corrected chi connectivity index (χ0v) is 20.1. The number of fused-ring (bicyclic) bond motifs is 1. The molecule has 0 radical (unpaired) electrons. The van der Waals surface area contributed by atoms with Crippen LogP contribution < -0.4 is 9.47 Å². The van der Waals surface area contributed by atoms with Crippen LogP contribution in [0.25, 0.3) is 21.9 Å². The van der Waals surface area contributed by atoms with Crippen molar-refractivity contribution in [2.45, 2.75) is 38.7 Å². The summed E-state index contributed by atoms with van der Waals surface area (Å²) >= 11 is 0. The number of hydrogen-bond acceptors (Lipinski definition) is 4. The standard InChI is InChI=1S/C28H31F2NO4/c1-34-24-13-19(17-31-12-11-18(16-31)15-26(29)30)14-25(35-2)28(24)23-8-4-6-21-20(9-10-27(32)33)5-3-7-22(21)23/h3-8,13-14,18,26H,9-12,15-17H2,1-2H3,(H,32,33)/t18-/m1/s1. The first-order valence-electron chi connectivity index (χ1n) is 11.9. The zero-order valence-electron chi connectivity index (χ0n) is 20.1. The number of rotatable bonds is 10. The van der Waals surface area contributed by atoms with E-state index in [-0.39, 0.29) is 18.8 Å². The van der Waals surface area contributed by atoms with E-state index < -0.39 is 12.4 Å². The molecule has 0 unspecified atom stereocenters. The SMILES string of the molecule is COc1cc(CN2CC[C@H](CC(F)F)C2)cc(OC)c1-c1cccc2c(CCC(=O)O)cccc12. The summed E-state index contributed by atoms with van der Waals surface area (Å²) < 4.78 is 37.2. The molecule has 35 heavy (non-hydrogen) atoms. The number of carboxylic acid groups (broad SMARTS) is 1. The second-order valence-electron chi connectivity index (χ2n) is 9.10. The first-order valence-corrected chi connectivity index (χ1v) is 11.9. The van der Waals surface area contributed by atoms with Crippen molar-refractivity contribution >= 4 is 16.7 Å². The number of alkyl halides is 2. The Morgan fingerprint density at radius 2 is 1.77 bits per heavy atom. The van der Waals surface area contributed by atoms with Gasteiger partial charge in [0.25, 0.3) is 0 Å². The number of halogens is 2. The summed E-state index contributed by atoms with van der Waals surface area (Å²) in [5.41, 5.74) is 3.76. The first-order chi connectivity index (χ1) is 16.9. The summed E-state index contributed by atoms with van der Waals surface area (Å²) in [6.45, 7) is 2.10. The van der Waals surface area contributed by atoms with E-state index in [4.69, 9.17) is 14.6 Å². The molecule has 3 aromatic rings. The summed E-state index contributed by atoms with van der Waals surface area (Å²) in [7, 11) is 3.25. The number of carboxylic acids is 1. The molecule has 0 amide bonds. The molecular formula is C28H31F2NO4. The number of aliphatic carboxylic acids is 1. The van der Waals surface area contributed by atoms with Gasteiger partial charge < -0.3 is 14.6 Å². The van der Waals surface area contributed by atoms with Crippen LogP contribution >= 0.6 is 0 Å². The topological polar surface area (TPSA) is 59.0 Å². The quantitative estimate of drug-likeness (QED) is 0.382. The Hall–Kier alpha value is -3.19. The summed E-state index contributed by atoms with van der Waals surface area (Å²) in [6.07, 6.45) is -0.996. The average Bonchev–Trinajstić information content (AvgIpc) is 3.27. The molecule has 0 aromatic heterocycles. The number of ether oxygens (including phenoxy) is 2. The van der Waals surface area contributed by atoms with E-state index >= 15 is 0 Å². The van der Waals surface area contributed by atoms with E-state index in [1.807, 2.05) is 48.5 Å². The molecule has 1 heterocycles. The van der Waals surface area contributed by atoms with Crippen LogP contribution in [0.2, 0.25) is 0 Å². The van der Waals surface area contributed by atoms with Crippen LogP contribution in [0.1, 0.15) is 30.4 Å². The molecule has 5 nitrogen and oxygen atoms in total. The van der Waals surface area contributed by atoms with Gasteiger partial charge in [-0.15, -0.1) is 0 Å². The number of nitrogens with zero attached hydrogens (tertiary/aromatic N) is 1. The highest BCUT2D eigenvalue weighted by Gasteiger charge is 2.26. The lowest BCUT2D eigenvalue weighted by Gasteiger charge is -2.20. The van der Waals surface area contributed by atoms with E-state index in [1.165, 1.54) is 0 Å². The Morgan fingerprint density at radius 3 is 2.43 bits per heavy atom. The molecule has 4 rings (SSSR count). The average molecular weight is 484 g/mol. The molecule has 1 fully saturated rings. The third-order valence-electron chi connectivity index (χ3n) is 6.74. The van der Waals surface area contributed by atoms with Crippen molar-refractivity contribution in [3.05, 3.63) is 59.7 Å². The Labute approximate surface area is 204 Å². The molecular weight excluding hydrogens is 452 g/mol. The largest absolute Gasteiger partial charge is 0.496 e. The summed E-state index contributed by atoms with van der Waals surface area (Å²) in [5, 5.41) is 11.1. The Balaban J connectivity index is 1.69. The van der Waals surface area contributed by atoms with Crippen LogP contribution in [-0.2, 0) is 17.8 Å². The monoisotopic (exact) mass is 483 g/mol. The summed E-state index contributed by atoms with van der Waals surface area (Å²) in [4.78, 5) is 13.3. The van der Waals surface area contributed by atoms with Crippen LogP contribution in [0.15, 0.2) is 48.5 Å². The number of likely N-dealkylation sites (tertiary alicyclic amines) is 1. The maximum atomic E-state index is 12.8. The van der Waals surface area contributed by atoms with Crippen molar-refractivity contribution in [3.8, 4) is 22.6 Å². The van der Waals surface area contributed by atoms with E-state index in [9.17, 15) is 13.6 Å². The van der Waals surface area contributed by atoms with Crippen LogP contribution in [-0.4, -0.2) is 49.7 Å². The maximum absolute atomic E-state index is 12.8. The van der Waals surface area contributed by atoms with Crippen molar-refractivity contribution < 1.29 is 28.2 Å². The minimum atomic E-state index is -2.26. The van der Waals surface area contributed by atoms with Gasteiger partial charge in [-0.1, -0.05) is 36.4 Å². The number of hydrogen-bond donors (Lipinski definition) is 1. The summed E-state index contributed by atoms with van der Waals surface area (Å²) in [6, 6.07) is 15.9. The van der Waals surface area contributed by atoms with E-state index in [2.05, 4.69) is 4.90 Å². The Kier molecular flexibility index (Phi) is 7.86. The molecule has 0 aliphatic carbocycles. The van der Waals surface area contributed by atoms with Crippen molar-refractivity contribution in [1.29, 1.82) is 0 Å². The van der Waals surface area contributed by atoms with Gasteiger partial charge in [-0.05, 0) is 64.9 Å². The van der Waals surface area contributed by atoms with Gasteiger partial charge in [-0.2, -0.15) is 0 Å². The minimum absolute atomic E-state index is 0.0315. The van der Waals surface area contributed by atoms with E-state index in [0.717, 1.165) is 46.0 Å². The lowest BCUT2D eigenvalue weighted by molar-refractivity contribution is -0.136. The van der Waals surface area contributed by atoms with E-state index in [1.54, 1.807) is 14.2 Å². The van der Waals surface area contributed by atoms with Gasteiger partial charge >= 0.3 is 5.97 Å². The Bertz CT molecular complexity index is 1170. The smallest absolute Gasteiger partial charge is 0.303 e. The van der Waals surface area contributed by atoms with Gasteiger partial charge in [0.05, 0.1) is 19.8 Å². The Morgan fingerprint density at radius 1 is 1.09 bits per heavy atom. The molecule has 1 aliphatic rings. The van der Waals surface area contributed by atoms with Crippen LogP contribution in [0.5, 0.6) is 11.5 Å². The van der Waals surface area contributed by atoms with Crippen LogP contribution in [0, 0.1) is 5.92 Å². The third kappa shape index (κ3) is 5.73. The number of carbonyl (C=O) groups is 1. The van der Waals surface area contributed by atoms with Crippen molar-refractivity contribution in [2.24, 2.45) is 5.92 Å². The second-order valence-corrected chi connectivity index (χ2v) is 9.10. The van der Waals surface area contributed by atoms with Crippen molar-refractivity contribution in [2.75, 3.05) is 27.3 Å². The van der Waals surface area contributed by atoms with Crippen molar-refractivity contribution in [1.82, 2.24) is 4.90 Å². The predicted octanol–water partition coefficient (Wildman–Crippen LogP) is 6.02. The highest BCUT2D eigenvalue weighted by molar-refractivity contribution is 6.01. The van der Waals surface area contributed by atoms with Gasteiger partial charge in [-0.3, -0.25) is 9.69 Å². The molecule has 7 heteroatoms. The molecule has 3 aromatic carbocycles. The fourth-order valence-electron chi connectivity index (χ4n) is 5.13. The van der Waals surface area contributed by atoms with Gasteiger partial charge in [0.15, 0.2) is 0 Å². The number of benzene rings is 3. The van der Waals surface area contributed by atoms with Gasteiger partial charge in [0.1, 0.15) is 11.5 Å². The van der Waals surface area contributed by atoms with Gasteiger partial charge in [-0.25, -0.2) is 8.78 Å². The molecule has 1 saturated heterocycles. The lowest BCUT2D eigenvalue weighted by Crippen LogP contribution is -2.20. The third-order valence-corrected chi connectivity index (χ3v) is 6.74. The van der Waals surface area contributed by atoms with Crippen LogP contribution in [0.3, 0.4) is 0 Å². The molecule has 0 saturated carbocycles. The molecule has 1 aliphatic heterocycles. The van der Waals surface area contributed by atoms with Crippen LogP contribution in [0.4, 0.5) is 8.78 Å². The maximum Gasteiger partial charge on any atom is 0.303 e. The zero-order chi connectivity index (χ0) is 24.9. The molecule has 0 spiro atoms. The summed E-state index contributed by atoms with van der Waals surface area (Å²) in [5.74, 6) is 0.553. The molecule has 1 atom stereocenters. The fourth-order valence-corrected chi connectivity index (χ4v) is 5.13. The number of methoxy groups -OCH3 is 2. The molecule has 186 valence electrons. The molecule has 0 bridgehead atoms. The normalized spacial score (nSPS) is 16.2. The second kappa shape index (κ2) is 11.0. The minimum Gasteiger partial charge on any atom is -0.496 e. The highest BCUT2D eigenvalue weighted by atomic mass is 19.3. The van der Waals surface area contributed by atoms with Crippen molar-refractivity contribution in [3.63, 3.8) is 0 Å². The fraction of sp³-hybridized carbons (Fsp3) is 0.393.